The van der Waals surface area contributed by atoms with Crippen molar-refractivity contribution in [2.24, 2.45) is 0 Å². The summed E-state index contributed by atoms with van der Waals surface area (Å²) in [6, 6.07) is 3.82. The molecule has 0 unspecified atom stereocenters. The van der Waals surface area contributed by atoms with Gasteiger partial charge in [-0.3, -0.25) is 0 Å². The summed E-state index contributed by atoms with van der Waals surface area (Å²) in [5.74, 6) is 0.852. The Kier molecular flexibility index (Phi) is 2.19. The van der Waals surface area contributed by atoms with E-state index in [0.29, 0.717) is 0 Å². The minimum atomic E-state index is 0.169. The Bertz CT molecular complexity index is 409. The van der Waals surface area contributed by atoms with Crippen LogP contribution in [0.4, 0.5) is 0 Å². The maximum atomic E-state index is 5.29. The van der Waals surface area contributed by atoms with Gasteiger partial charge in [0.15, 0.2) is 10.8 Å². The van der Waals surface area contributed by atoms with Crippen LogP contribution in [0.25, 0.3) is 10.8 Å². The fourth-order valence-corrected chi connectivity index (χ4v) is 2.08. The second kappa shape index (κ2) is 3.24. The maximum absolute atomic E-state index is 5.29. The van der Waals surface area contributed by atoms with Crippen molar-refractivity contribution in [3.63, 3.8) is 0 Å². The molecule has 0 saturated carbocycles. The Morgan fingerprint density at radius 1 is 1.36 bits per heavy atom. The highest BCUT2D eigenvalue weighted by atomic mass is 32.1. The average Bonchev–Trinajstić information content (AvgIpc) is 2.73. The highest BCUT2D eigenvalue weighted by Gasteiger charge is 2.18. The molecule has 74 valence electrons. The summed E-state index contributed by atoms with van der Waals surface area (Å²) in [5.41, 5.74) is 0.169. The van der Waals surface area contributed by atoms with Gasteiger partial charge in [-0.25, -0.2) is 4.98 Å². The largest absolute Gasteiger partial charge is 0.462 e. The van der Waals surface area contributed by atoms with Crippen LogP contribution in [-0.4, -0.2) is 4.98 Å². The number of thiazole rings is 1. The first-order chi connectivity index (χ1) is 6.57. The van der Waals surface area contributed by atoms with E-state index in [4.69, 9.17) is 4.42 Å². The summed E-state index contributed by atoms with van der Waals surface area (Å²) in [6.07, 6.45) is 3.61. The Morgan fingerprint density at radius 3 is 2.64 bits per heavy atom. The smallest absolute Gasteiger partial charge is 0.162 e. The lowest BCUT2D eigenvalue weighted by atomic mass is 9.96. The normalized spacial score (nSPS) is 11.9. The highest BCUT2D eigenvalue weighted by molar-refractivity contribution is 7.15. The van der Waals surface area contributed by atoms with Crippen molar-refractivity contribution in [2.75, 3.05) is 0 Å². The topological polar surface area (TPSA) is 26.0 Å². The molecule has 0 aliphatic heterocycles. The van der Waals surface area contributed by atoms with E-state index >= 15 is 0 Å². The molecule has 14 heavy (non-hydrogen) atoms. The van der Waals surface area contributed by atoms with E-state index in [0.717, 1.165) is 10.8 Å². The number of rotatable bonds is 1. The minimum Gasteiger partial charge on any atom is -0.462 e. The van der Waals surface area contributed by atoms with Crippen molar-refractivity contribution in [3.05, 3.63) is 29.5 Å². The molecule has 0 atom stereocenters. The van der Waals surface area contributed by atoms with Gasteiger partial charge in [0.25, 0.3) is 0 Å². The monoisotopic (exact) mass is 207 g/mol. The zero-order valence-corrected chi connectivity index (χ0v) is 9.39. The molecule has 3 heteroatoms. The number of hydrogen-bond acceptors (Lipinski definition) is 3. The second-order valence-corrected chi connectivity index (χ2v) is 5.29. The van der Waals surface area contributed by atoms with Crippen LogP contribution < -0.4 is 0 Å². The van der Waals surface area contributed by atoms with Crippen LogP contribution in [0, 0.1) is 0 Å². The summed E-state index contributed by atoms with van der Waals surface area (Å²) >= 11 is 1.69. The van der Waals surface area contributed by atoms with Gasteiger partial charge in [-0.2, -0.15) is 0 Å². The lowest BCUT2D eigenvalue weighted by Crippen LogP contribution is -2.07. The fourth-order valence-electron chi connectivity index (χ4n) is 1.14. The molecule has 0 N–H and O–H groups in total. The summed E-state index contributed by atoms with van der Waals surface area (Å²) in [7, 11) is 0. The van der Waals surface area contributed by atoms with Crippen molar-refractivity contribution in [2.45, 2.75) is 26.2 Å². The molecule has 2 aromatic rings. The Balaban J connectivity index is 2.36. The van der Waals surface area contributed by atoms with Crippen LogP contribution in [0.2, 0.25) is 0 Å². The van der Waals surface area contributed by atoms with Gasteiger partial charge >= 0.3 is 0 Å². The molecule has 2 heterocycles. The number of hydrogen-bond donors (Lipinski definition) is 0. The van der Waals surface area contributed by atoms with E-state index < -0.39 is 0 Å². The molecule has 0 saturated heterocycles. The summed E-state index contributed by atoms with van der Waals surface area (Å²) in [6.45, 7) is 6.56. The molecular weight excluding hydrogens is 194 g/mol. The van der Waals surface area contributed by atoms with Gasteiger partial charge in [0, 0.05) is 11.1 Å². The van der Waals surface area contributed by atoms with Gasteiger partial charge in [-0.1, -0.05) is 20.8 Å². The third-order valence-electron chi connectivity index (χ3n) is 1.98. The molecule has 0 aliphatic rings. The average molecular weight is 207 g/mol. The molecule has 0 aromatic carbocycles. The molecule has 2 aromatic heterocycles. The van der Waals surface area contributed by atoms with Crippen LogP contribution >= 0.6 is 11.3 Å². The fraction of sp³-hybridized carbons (Fsp3) is 0.364. The quantitative estimate of drug-likeness (QED) is 0.712. The lowest BCUT2D eigenvalue weighted by molar-refractivity contribution is 0.582. The van der Waals surface area contributed by atoms with Crippen LogP contribution in [0.15, 0.2) is 29.0 Å². The molecule has 2 rings (SSSR count). The van der Waals surface area contributed by atoms with E-state index in [1.54, 1.807) is 17.6 Å². The first-order valence-electron chi connectivity index (χ1n) is 4.57. The van der Waals surface area contributed by atoms with Crippen molar-refractivity contribution in [1.29, 1.82) is 0 Å². The molecule has 0 amide bonds. The molecular formula is C11H13NOS. The minimum absolute atomic E-state index is 0.169. The van der Waals surface area contributed by atoms with Crippen LogP contribution in [0.1, 0.15) is 25.6 Å². The predicted molar refractivity (Wildman–Crippen MR) is 58.5 cm³/mol. The second-order valence-electron chi connectivity index (χ2n) is 4.26. The van der Waals surface area contributed by atoms with E-state index in [1.165, 1.54) is 4.88 Å². The summed E-state index contributed by atoms with van der Waals surface area (Å²) < 4.78 is 5.29. The molecule has 2 nitrogen and oxygen atoms in total. The first kappa shape index (κ1) is 9.46. The zero-order chi connectivity index (χ0) is 10.2. The Morgan fingerprint density at radius 2 is 2.14 bits per heavy atom. The first-order valence-corrected chi connectivity index (χ1v) is 5.39. The van der Waals surface area contributed by atoms with Crippen molar-refractivity contribution in [1.82, 2.24) is 4.98 Å². The van der Waals surface area contributed by atoms with Crippen LogP contribution in [0.5, 0.6) is 0 Å². The van der Waals surface area contributed by atoms with Gasteiger partial charge in [0.05, 0.1) is 6.26 Å². The van der Waals surface area contributed by atoms with Crippen LogP contribution in [0.3, 0.4) is 0 Å². The molecule has 0 radical (unpaired) electrons. The molecule has 0 bridgehead atoms. The molecule has 0 aliphatic carbocycles. The van der Waals surface area contributed by atoms with E-state index in [9.17, 15) is 0 Å². The molecule has 0 fully saturated rings. The van der Waals surface area contributed by atoms with Gasteiger partial charge in [0.2, 0.25) is 0 Å². The van der Waals surface area contributed by atoms with Crippen molar-refractivity contribution < 1.29 is 4.42 Å². The highest BCUT2D eigenvalue weighted by Crippen LogP contribution is 2.32. The van der Waals surface area contributed by atoms with Crippen molar-refractivity contribution in [3.8, 4) is 10.8 Å². The van der Waals surface area contributed by atoms with Gasteiger partial charge < -0.3 is 4.42 Å². The summed E-state index contributed by atoms with van der Waals surface area (Å²) in [5, 5.41) is 0.958. The predicted octanol–water partition coefficient (Wildman–Crippen LogP) is 3.70. The number of furan rings is 1. The van der Waals surface area contributed by atoms with Gasteiger partial charge in [0.1, 0.15) is 0 Å². The van der Waals surface area contributed by atoms with Crippen LogP contribution in [-0.2, 0) is 5.41 Å². The molecule has 0 spiro atoms. The van der Waals surface area contributed by atoms with E-state index in [-0.39, 0.29) is 5.41 Å². The Hall–Kier alpha value is -1.09. The maximum Gasteiger partial charge on any atom is 0.162 e. The SMILES string of the molecule is CC(C)(C)c1cnc(-c2ccco2)s1. The van der Waals surface area contributed by atoms with Crippen molar-refractivity contribution >= 4 is 11.3 Å². The summed E-state index contributed by atoms with van der Waals surface area (Å²) in [4.78, 5) is 5.63. The lowest BCUT2D eigenvalue weighted by Gasteiger charge is -2.14. The van der Waals surface area contributed by atoms with E-state index in [1.807, 2.05) is 18.3 Å². The number of nitrogens with zero attached hydrogens (tertiary/aromatic N) is 1. The number of aromatic nitrogens is 1. The van der Waals surface area contributed by atoms with Gasteiger partial charge in [-0.15, -0.1) is 11.3 Å². The third-order valence-corrected chi connectivity index (χ3v) is 3.41. The standard InChI is InChI=1S/C11H13NOS/c1-11(2,3)9-7-12-10(14-9)8-5-4-6-13-8/h4-7H,1-3H3. The Labute approximate surface area is 87.6 Å². The zero-order valence-electron chi connectivity index (χ0n) is 8.57. The van der Waals surface area contributed by atoms with E-state index in [2.05, 4.69) is 25.8 Å². The third kappa shape index (κ3) is 1.73. The van der Waals surface area contributed by atoms with Gasteiger partial charge in [-0.05, 0) is 17.5 Å².